The molecule has 2 N–H and O–H groups in total. The smallest absolute Gasteiger partial charge is 0.267 e. The Balaban J connectivity index is 1.96. The Morgan fingerprint density at radius 3 is 2.10 bits per heavy atom. The zero-order valence-corrected chi connectivity index (χ0v) is 10.8. The fourth-order valence-corrected chi connectivity index (χ4v) is 1.65. The van der Waals surface area contributed by atoms with Gasteiger partial charge in [-0.3, -0.25) is 20.4 Å². The molecule has 0 unspecified atom stereocenters. The van der Waals surface area contributed by atoms with E-state index in [4.69, 9.17) is 0 Å². The van der Waals surface area contributed by atoms with E-state index in [-0.39, 0.29) is 5.56 Å². The average Bonchev–Trinajstić information content (AvgIpc) is 2.45. The molecule has 0 aliphatic heterocycles. The second-order valence-electron chi connectivity index (χ2n) is 4.28. The highest BCUT2D eigenvalue weighted by Crippen LogP contribution is 2.04. The Morgan fingerprint density at radius 2 is 1.50 bits per heavy atom. The number of hydrogen-bond donors (Lipinski definition) is 2. The van der Waals surface area contributed by atoms with Crippen LogP contribution < -0.4 is 10.9 Å². The summed E-state index contributed by atoms with van der Waals surface area (Å²) in [6, 6.07) is 12.0. The Morgan fingerprint density at radius 1 is 0.900 bits per heavy atom. The molecule has 0 atom stereocenters. The molecule has 0 spiro atoms. The van der Waals surface area contributed by atoms with E-state index in [9.17, 15) is 14.0 Å². The molecule has 0 bridgehead atoms. The molecule has 2 amide bonds. The van der Waals surface area contributed by atoms with E-state index < -0.39 is 17.6 Å². The molecule has 4 nitrogen and oxygen atoms in total. The van der Waals surface area contributed by atoms with Gasteiger partial charge in [-0.2, -0.15) is 0 Å². The molecule has 0 fully saturated rings. The molecule has 2 rings (SSSR count). The number of hydrogen-bond acceptors (Lipinski definition) is 2. The van der Waals surface area contributed by atoms with Crippen LogP contribution in [0.3, 0.4) is 0 Å². The Hall–Kier alpha value is -2.69. The van der Waals surface area contributed by atoms with Crippen LogP contribution >= 0.6 is 0 Å². The summed E-state index contributed by atoms with van der Waals surface area (Å²) in [6.45, 7) is 1.87. The van der Waals surface area contributed by atoms with Crippen molar-refractivity contribution in [2.75, 3.05) is 0 Å². The van der Waals surface area contributed by atoms with Crippen LogP contribution in [0.2, 0.25) is 0 Å². The zero-order valence-electron chi connectivity index (χ0n) is 10.8. The summed E-state index contributed by atoms with van der Waals surface area (Å²) in [5.74, 6) is -1.35. The minimum Gasteiger partial charge on any atom is -0.267 e. The number of amides is 2. The third-order valence-electron chi connectivity index (χ3n) is 2.68. The first-order valence-electron chi connectivity index (χ1n) is 5.99. The van der Waals surface area contributed by atoms with Crippen molar-refractivity contribution < 1.29 is 14.0 Å². The first kappa shape index (κ1) is 13.7. The van der Waals surface area contributed by atoms with Crippen LogP contribution in [0.1, 0.15) is 26.3 Å². The lowest BCUT2D eigenvalue weighted by Crippen LogP contribution is -2.41. The number of benzene rings is 2. The third kappa shape index (κ3) is 3.41. The van der Waals surface area contributed by atoms with Gasteiger partial charge in [0.2, 0.25) is 0 Å². The van der Waals surface area contributed by atoms with Crippen LogP contribution in [-0.2, 0) is 0 Å². The quantitative estimate of drug-likeness (QED) is 0.823. The van der Waals surface area contributed by atoms with Crippen LogP contribution in [0.4, 0.5) is 4.39 Å². The van der Waals surface area contributed by atoms with E-state index in [1.165, 1.54) is 24.3 Å². The summed E-state index contributed by atoms with van der Waals surface area (Å²) >= 11 is 0. The number of carbonyl (C=O) groups excluding carboxylic acids is 2. The van der Waals surface area contributed by atoms with Crippen LogP contribution in [0.5, 0.6) is 0 Å². The predicted molar refractivity (Wildman–Crippen MR) is 72.5 cm³/mol. The topological polar surface area (TPSA) is 58.2 Å². The second-order valence-corrected chi connectivity index (χ2v) is 4.28. The Kier molecular flexibility index (Phi) is 4.10. The monoisotopic (exact) mass is 272 g/mol. The summed E-state index contributed by atoms with van der Waals surface area (Å²) in [5, 5.41) is 0. The molecule has 2 aromatic rings. The average molecular weight is 272 g/mol. The maximum atomic E-state index is 12.7. The summed E-state index contributed by atoms with van der Waals surface area (Å²) < 4.78 is 12.7. The Bertz CT molecular complexity index is 639. The highest BCUT2D eigenvalue weighted by molar-refractivity contribution is 5.99. The van der Waals surface area contributed by atoms with Crippen LogP contribution in [0.15, 0.2) is 48.5 Å². The number of rotatable bonds is 2. The number of carbonyl (C=O) groups is 2. The Labute approximate surface area is 115 Å². The highest BCUT2D eigenvalue weighted by atomic mass is 19.1. The van der Waals surface area contributed by atoms with E-state index in [0.29, 0.717) is 5.56 Å². The molecule has 0 heterocycles. The van der Waals surface area contributed by atoms with E-state index >= 15 is 0 Å². The van der Waals surface area contributed by atoms with E-state index in [1.54, 1.807) is 18.2 Å². The van der Waals surface area contributed by atoms with Crippen molar-refractivity contribution in [3.8, 4) is 0 Å². The van der Waals surface area contributed by atoms with Gasteiger partial charge in [-0.1, -0.05) is 17.7 Å². The van der Waals surface area contributed by atoms with Crippen molar-refractivity contribution in [3.63, 3.8) is 0 Å². The first-order chi connectivity index (χ1) is 9.56. The van der Waals surface area contributed by atoms with Gasteiger partial charge in [0.05, 0.1) is 0 Å². The summed E-state index contributed by atoms with van der Waals surface area (Å²) in [6.07, 6.45) is 0. The maximum absolute atomic E-state index is 12.7. The summed E-state index contributed by atoms with van der Waals surface area (Å²) in [5.41, 5.74) is 6.24. The van der Waals surface area contributed by atoms with Crippen molar-refractivity contribution >= 4 is 11.8 Å². The number of aryl methyl sites for hydroxylation is 1. The predicted octanol–water partition coefficient (Wildman–Crippen LogP) is 2.21. The minimum absolute atomic E-state index is 0.260. The summed E-state index contributed by atoms with van der Waals surface area (Å²) in [4.78, 5) is 23.5. The van der Waals surface area contributed by atoms with E-state index in [1.807, 2.05) is 13.0 Å². The highest BCUT2D eigenvalue weighted by Gasteiger charge is 2.09. The molecule has 102 valence electrons. The molecule has 2 aromatic carbocycles. The first-order valence-corrected chi connectivity index (χ1v) is 5.99. The van der Waals surface area contributed by atoms with Crippen LogP contribution in [0, 0.1) is 12.7 Å². The second kappa shape index (κ2) is 5.97. The van der Waals surface area contributed by atoms with Gasteiger partial charge in [0.15, 0.2) is 0 Å². The molecule has 0 saturated heterocycles. The van der Waals surface area contributed by atoms with Gasteiger partial charge >= 0.3 is 0 Å². The molecule has 0 radical (unpaired) electrons. The van der Waals surface area contributed by atoms with Crippen LogP contribution in [0.25, 0.3) is 0 Å². The van der Waals surface area contributed by atoms with E-state index in [2.05, 4.69) is 10.9 Å². The number of hydrazine groups is 1. The lowest BCUT2D eigenvalue weighted by molar-refractivity contribution is 0.0846. The standard InChI is InChI=1S/C15H13FN2O2/c1-10-3-2-4-12(9-10)15(20)18-17-14(19)11-5-7-13(16)8-6-11/h2-9H,1H3,(H,17,19)(H,18,20). The van der Waals surface area contributed by atoms with Crippen molar-refractivity contribution in [2.24, 2.45) is 0 Å². The SMILES string of the molecule is Cc1cccc(C(=O)NNC(=O)c2ccc(F)cc2)c1. The molecule has 20 heavy (non-hydrogen) atoms. The fraction of sp³-hybridized carbons (Fsp3) is 0.0667. The molecular formula is C15H13FN2O2. The van der Waals surface area contributed by atoms with Crippen molar-refractivity contribution in [1.82, 2.24) is 10.9 Å². The van der Waals surface area contributed by atoms with Gasteiger partial charge in [0.1, 0.15) is 5.82 Å². The van der Waals surface area contributed by atoms with Gasteiger partial charge < -0.3 is 0 Å². The number of halogens is 1. The van der Waals surface area contributed by atoms with Gasteiger partial charge in [-0.15, -0.1) is 0 Å². The fourth-order valence-electron chi connectivity index (χ4n) is 1.65. The van der Waals surface area contributed by atoms with Gasteiger partial charge in [0, 0.05) is 11.1 Å². The molecule has 0 aromatic heterocycles. The third-order valence-corrected chi connectivity index (χ3v) is 2.68. The number of nitrogens with one attached hydrogen (secondary N) is 2. The van der Waals surface area contributed by atoms with Gasteiger partial charge in [-0.25, -0.2) is 4.39 Å². The largest absolute Gasteiger partial charge is 0.269 e. The molecule has 0 aliphatic carbocycles. The minimum atomic E-state index is -0.508. The molecule has 0 saturated carbocycles. The lowest BCUT2D eigenvalue weighted by atomic mass is 10.1. The molecule has 5 heteroatoms. The summed E-state index contributed by atoms with van der Waals surface area (Å²) in [7, 11) is 0. The van der Waals surface area contributed by atoms with Gasteiger partial charge in [-0.05, 0) is 43.3 Å². The van der Waals surface area contributed by atoms with E-state index in [0.717, 1.165) is 5.56 Å². The molecular weight excluding hydrogens is 259 g/mol. The normalized spacial score (nSPS) is 9.90. The van der Waals surface area contributed by atoms with Gasteiger partial charge in [0.25, 0.3) is 11.8 Å². The van der Waals surface area contributed by atoms with Crippen LogP contribution in [-0.4, -0.2) is 11.8 Å². The molecule has 0 aliphatic rings. The van der Waals surface area contributed by atoms with Crippen molar-refractivity contribution in [3.05, 3.63) is 71.0 Å². The maximum Gasteiger partial charge on any atom is 0.269 e. The van der Waals surface area contributed by atoms with Crippen molar-refractivity contribution in [2.45, 2.75) is 6.92 Å². The zero-order chi connectivity index (χ0) is 14.5. The van der Waals surface area contributed by atoms with Crippen molar-refractivity contribution in [1.29, 1.82) is 0 Å². The lowest BCUT2D eigenvalue weighted by Gasteiger charge is -2.07.